The number of benzene rings is 2. The molecule has 3 N–H and O–H groups in total. The molecule has 0 saturated carbocycles. The maximum Gasteiger partial charge on any atom is 0.358 e. The third-order valence-corrected chi connectivity index (χ3v) is 6.15. The Labute approximate surface area is 192 Å². The van der Waals surface area contributed by atoms with Crippen LogP contribution in [-0.4, -0.2) is 69.5 Å². The first kappa shape index (κ1) is 22.8. The summed E-state index contributed by atoms with van der Waals surface area (Å²) in [5.41, 5.74) is 2.73. The zero-order valence-corrected chi connectivity index (χ0v) is 19.1. The molecule has 8 nitrogen and oxygen atoms in total. The fourth-order valence-corrected chi connectivity index (χ4v) is 4.17. The van der Waals surface area contributed by atoms with Crippen molar-refractivity contribution in [3.63, 3.8) is 0 Å². The van der Waals surface area contributed by atoms with Crippen LogP contribution in [0.3, 0.4) is 0 Å². The molecule has 1 aliphatic rings. The van der Waals surface area contributed by atoms with E-state index < -0.39 is 5.97 Å². The Morgan fingerprint density at radius 1 is 1.06 bits per heavy atom. The van der Waals surface area contributed by atoms with Gasteiger partial charge in [-0.1, -0.05) is 43.3 Å². The highest BCUT2D eigenvalue weighted by atomic mass is 16.5. The van der Waals surface area contributed by atoms with Gasteiger partial charge >= 0.3 is 5.97 Å². The molecule has 0 amide bonds. The number of carboxylic acid groups (broad SMARTS) is 1. The minimum Gasteiger partial charge on any atom is -0.508 e. The van der Waals surface area contributed by atoms with Crippen molar-refractivity contribution in [2.24, 2.45) is 0 Å². The predicted molar refractivity (Wildman–Crippen MR) is 125 cm³/mol. The van der Waals surface area contributed by atoms with Crippen LogP contribution in [0.2, 0.25) is 0 Å². The Balaban J connectivity index is 1.71. The summed E-state index contributed by atoms with van der Waals surface area (Å²) in [6.45, 7) is 8.76. The van der Waals surface area contributed by atoms with Gasteiger partial charge in [-0.25, -0.2) is 4.79 Å². The van der Waals surface area contributed by atoms with Crippen LogP contribution in [0, 0.1) is 0 Å². The monoisotopic (exact) mass is 451 g/mol. The molecule has 0 unspecified atom stereocenters. The Morgan fingerprint density at radius 2 is 1.73 bits per heavy atom. The molecule has 1 aromatic heterocycles. The number of rotatable bonds is 6. The van der Waals surface area contributed by atoms with Gasteiger partial charge < -0.3 is 24.7 Å². The molecule has 174 valence electrons. The number of aromatic carboxylic acids is 1. The van der Waals surface area contributed by atoms with Crippen LogP contribution in [0.25, 0.3) is 22.5 Å². The highest BCUT2D eigenvalue weighted by Crippen LogP contribution is 2.43. The van der Waals surface area contributed by atoms with Gasteiger partial charge in [-0.3, -0.25) is 4.90 Å². The lowest BCUT2D eigenvalue weighted by Gasteiger charge is -2.32. The fraction of sp³-hybridized carbons (Fsp3) is 0.360. The lowest BCUT2D eigenvalue weighted by Crippen LogP contribution is -2.43. The summed E-state index contributed by atoms with van der Waals surface area (Å²) in [5, 5.41) is 34.2. The summed E-state index contributed by atoms with van der Waals surface area (Å²) in [5.74, 6) is -1.32. The van der Waals surface area contributed by atoms with Gasteiger partial charge in [-0.15, -0.1) is 0 Å². The number of piperazine rings is 1. The summed E-state index contributed by atoms with van der Waals surface area (Å²) in [7, 11) is 2.12. The van der Waals surface area contributed by atoms with Gasteiger partial charge in [0, 0.05) is 38.8 Å². The third kappa shape index (κ3) is 4.72. The molecule has 2 heterocycles. The summed E-state index contributed by atoms with van der Waals surface area (Å²) in [6, 6.07) is 10.5. The molecule has 0 aliphatic carbocycles. The van der Waals surface area contributed by atoms with Crippen molar-refractivity contribution in [2.75, 3.05) is 33.2 Å². The van der Waals surface area contributed by atoms with Gasteiger partial charge in [0.15, 0.2) is 11.5 Å². The number of aromatic hydroxyl groups is 2. The van der Waals surface area contributed by atoms with E-state index in [1.807, 2.05) is 38.1 Å². The summed E-state index contributed by atoms with van der Waals surface area (Å²) in [4.78, 5) is 16.6. The SMILES string of the molecule is CC(C)c1cc(-c2onc(C(=O)O)c2-c2ccc(CN3CCN(C)CC3)cc2)c(O)cc1O. The van der Waals surface area contributed by atoms with E-state index in [0.717, 1.165) is 38.3 Å². The van der Waals surface area contributed by atoms with Gasteiger partial charge in [0.05, 0.1) is 11.1 Å². The molecule has 4 rings (SSSR count). The Kier molecular flexibility index (Phi) is 6.40. The number of hydrogen-bond donors (Lipinski definition) is 3. The number of carbonyl (C=O) groups is 1. The van der Waals surface area contributed by atoms with E-state index in [1.165, 1.54) is 6.07 Å². The topological polar surface area (TPSA) is 110 Å². The quantitative estimate of drug-likeness (QED) is 0.516. The van der Waals surface area contributed by atoms with Crippen molar-refractivity contribution >= 4 is 5.97 Å². The molecule has 0 bridgehead atoms. The van der Waals surface area contributed by atoms with E-state index in [9.17, 15) is 20.1 Å². The van der Waals surface area contributed by atoms with Crippen molar-refractivity contribution < 1.29 is 24.6 Å². The highest BCUT2D eigenvalue weighted by molar-refractivity contribution is 5.99. The van der Waals surface area contributed by atoms with Crippen LogP contribution in [0.5, 0.6) is 11.5 Å². The van der Waals surface area contributed by atoms with Crippen molar-refractivity contribution in [1.29, 1.82) is 0 Å². The van der Waals surface area contributed by atoms with Gasteiger partial charge in [0.1, 0.15) is 11.5 Å². The van der Waals surface area contributed by atoms with Gasteiger partial charge in [-0.05, 0) is 35.7 Å². The number of hydrogen-bond acceptors (Lipinski definition) is 7. The van der Waals surface area contributed by atoms with Crippen LogP contribution in [0.4, 0.5) is 0 Å². The largest absolute Gasteiger partial charge is 0.508 e. The van der Waals surface area contributed by atoms with E-state index >= 15 is 0 Å². The van der Waals surface area contributed by atoms with Crippen LogP contribution in [-0.2, 0) is 6.54 Å². The van der Waals surface area contributed by atoms with Crippen molar-refractivity contribution in [3.05, 3.63) is 53.2 Å². The highest BCUT2D eigenvalue weighted by Gasteiger charge is 2.27. The lowest BCUT2D eigenvalue weighted by molar-refractivity contribution is 0.0686. The number of aromatic nitrogens is 1. The average molecular weight is 452 g/mol. The van der Waals surface area contributed by atoms with E-state index in [1.54, 1.807) is 6.07 Å². The molecule has 1 aliphatic heterocycles. The van der Waals surface area contributed by atoms with Crippen LogP contribution < -0.4 is 0 Å². The van der Waals surface area contributed by atoms with Crippen LogP contribution >= 0.6 is 0 Å². The number of phenols is 2. The third-order valence-electron chi connectivity index (χ3n) is 6.15. The molecule has 33 heavy (non-hydrogen) atoms. The van der Waals surface area contributed by atoms with Crippen molar-refractivity contribution in [3.8, 4) is 33.9 Å². The second-order valence-corrected chi connectivity index (χ2v) is 8.90. The van der Waals surface area contributed by atoms with Crippen molar-refractivity contribution in [2.45, 2.75) is 26.3 Å². The molecule has 2 aromatic carbocycles. The standard InChI is InChI=1S/C25H29N3O5/c1-15(2)18-12-19(21(30)13-20(18)29)24-22(23(25(31)32)26-33-24)17-6-4-16(5-7-17)14-28-10-8-27(3)9-11-28/h4-7,12-13,15,29-30H,8-11,14H2,1-3H3,(H,31,32). The van der Waals surface area contributed by atoms with Crippen LogP contribution in [0.1, 0.15) is 41.4 Å². The second-order valence-electron chi connectivity index (χ2n) is 8.90. The molecular formula is C25H29N3O5. The number of carboxylic acids is 1. The van der Waals surface area contributed by atoms with E-state index in [2.05, 4.69) is 22.0 Å². The smallest absolute Gasteiger partial charge is 0.358 e. The molecule has 0 spiro atoms. The van der Waals surface area contributed by atoms with E-state index in [-0.39, 0.29) is 34.4 Å². The molecule has 8 heteroatoms. The molecule has 0 atom stereocenters. The number of likely N-dealkylation sites (N-methyl/N-ethyl adjacent to an activating group) is 1. The first-order valence-corrected chi connectivity index (χ1v) is 11.0. The normalized spacial score (nSPS) is 15.3. The molecule has 3 aromatic rings. The number of phenolic OH excluding ortho intramolecular Hbond substituents is 2. The zero-order chi connectivity index (χ0) is 23.7. The Hall–Kier alpha value is -3.36. The molecule has 1 fully saturated rings. The van der Waals surface area contributed by atoms with Gasteiger partial charge in [0.25, 0.3) is 0 Å². The molecule has 0 radical (unpaired) electrons. The maximum absolute atomic E-state index is 11.9. The van der Waals surface area contributed by atoms with Crippen LogP contribution in [0.15, 0.2) is 40.9 Å². The predicted octanol–water partition coefficient (Wildman–Crippen LogP) is 3.99. The number of nitrogens with zero attached hydrogens (tertiary/aromatic N) is 3. The molecule has 1 saturated heterocycles. The lowest BCUT2D eigenvalue weighted by atomic mass is 9.94. The minimum absolute atomic E-state index is 0.0106. The van der Waals surface area contributed by atoms with Gasteiger partial charge in [0.2, 0.25) is 0 Å². The fourth-order valence-electron chi connectivity index (χ4n) is 4.17. The summed E-state index contributed by atoms with van der Waals surface area (Å²) < 4.78 is 5.43. The maximum atomic E-state index is 11.9. The first-order chi connectivity index (χ1) is 15.7. The summed E-state index contributed by atoms with van der Waals surface area (Å²) >= 11 is 0. The Morgan fingerprint density at radius 3 is 2.33 bits per heavy atom. The van der Waals surface area contributed by atoms with E-state index in [4.69, 9.17) is 4.52 Å². The minimum atomic E-state index is -1.22. The van der Waals surface area contributed by atoms with E-state index in [0.29, 0.717) is 16.7 Å². The summed E-state index contributed by atoms with van der Waals surface area (Å²) in [6.07, 6.45) is 0. The first-order valence-electron chi connectivity index (χ1n) is 11.0. The molecular weight excluding hydrogens is 422 g/mol. The average Bonchev–Trinajstić information content (AvgIpc) is 3.21. The van der Waals surface area contributed by atoms with Gasteiger partial charge in [-0.2, -0.15) is 0 Å². The zero-order valence-electron chi connectivity index (χ0n) is 19.1. The Bertz CT molecular complexity index is 1150. The second kappa shape index (κ2) is 9.25. The van der Waals surface area contributed by atoms with Crippen molar-refractivity contribution in [1.82, 2.24) is 15.0 Å².